The quantitative estimate of drug-likeness (QED) is 0.456. The van der Waals surface area contributed by atoms with E-state index in [0.29, 0.717) is 32.6 Å². The van der Waals surface area contributed by atoms with Crippen LogP contribution in [0, 0.1) is 23.1 Å². The van der Waals surface area contributed by atoms with Crippen LogP contribution in [0.25, 0.3) is 0 Å². The van der Waals surface area contributed by atoms with Crippen LogP contribution in [0.2, 0.25) is 0 Å². The van der Waals surface area contributed by atoms with Gasteiger partial charge in [0.15, 0.2) is 0 Å². The van der Waals surface area contributed by atoms with Crippen LogP contribution in [0.5, 0.6) is 0 Å². The summed E-state index contributed by atoms with van der Waals surface area (Å²) < 4.78 is 41.1. The molecule has 8 heteroatoms. The molecule has 2 N–H and O–H groups in total. The number of benzene rings is 2. The Morgan fingerprint density at radius 1 is 1.06 bits per heavy atom. The summed E-state index contributed by atoms with van der Waals surface area (Å²) in [5.74, 6) is 5.87. The first-order valence-electron chi connectivity index (χ1n) is 11.1. The molecule has 33 heavy (non-hydrogen) atoms. The Kier molecular flexibility index (Phi) is 8.49. The van der Waals surface area contributed by atoms with Crippen LogP contribution in [0.15, 0.2) is 54.6 Å². The molecule has 1 unspecified atom stereocenters. The zero-order chi connectivity index (χ0) is 23.9. The van der Waals surface area contributed by atoms with Crippen molar-refractivity contribution >= 4 is 15.7 Å². The van der Waals surface area contributed by atoms with E-state index < -0.39 is 21.5 Å². The predicted octanol–water partition coefficient (Wildman–Crippen LogP) is 2.65. The van der Waals surface area contributed by atoms with E-state index in [1.165, 1.54) is 16.4 Å². The van der Waals surface area contributed by atoms with Gasteiger partial charge in [-0.2, -0.15) is 4.31 Å². The highest BCUT2D eigenvalue weighted by Gasteiger charge is 2.36. The van der Waals surface area contributed by atoms with Crippen molar-refractivity contribution in [3.05, 3.63) is 66.0 Å². The van der Waals surface area contributed by atoms with Crippen LogP contribution in [-0.2, 0) is 10.0 Å². The average molecular weight is 474 g/mol. The Bertz CT molecular complexity index is 1060. The van der Waals surface area contributed by atoms with Gasteiger partial charge in [-0.3, -0.25) is 5.32 Å². The molecule has 0 amide bonds. The van der Waals surface area contributed by atoms with Gasteiger partial charge in [0, 0.05) is 49.9 Å². The van der Waals surface area contributed by atoms with Gasteiger partial charge < -0.3 is 10.0 Å². The molecule has 6 nitrogen and oxygen atoms in total. The first kappa shape index (κ1) is 25.2. The Hall–Kier alpha value is -2.44. The van der Waals surface area contributed by atoms with Gasteiger partial charge in [0.25, 0.3) is 0 Å². The van der Waals surface area contributed by atoms with Crippen molar-refractivity contribution in [3.8, 4) is 11.8 Å². The number of nitrogens with one attached hydrogen (secondary N) is 1. The minimum absolute atomic E-state index is 0.121. The van der Waals surface area contributed by atoms with E-state index in [0.717, 1.165) is 11.3 Å². The van der Waals surface area contributed by atoms with Gasteiger partial charge in [-0.05, 0) is 41.8 Å². The molecule has 1 aliphatic heterocycles. The van der Waals surface area contributed by atoms with Gasteiger partial charge in [-0.25, -0.2) is 12.8 Å². The molecule has 0 aliphatic carbocycles. The number of nitrogens with zero attached hydrogens (tertiary/aromatic N) is 2. The van der Waals surface area contributed by atoms with Crippen molar-refractivity contribution in [1.82, 2.24) is 9.62 Å². The third kappa shape index (κ3) is 7.02. The van der Waals surface area contributed by atoms with Crippen molar-refractivity contribution in [2.24, 2.45) is 5.41 Å². The highest BCUT2D eigenvalue weighted by molar-refractivity contribution is 7.89. The first-order chi connectivity index (χ1) is 15.7. The number of hydrogen-bond donors (Lipinski definition) is 2. The summed E-state index contributed by atoms with van der Waals surface area (Å²) in [5, 5.41) is 12.4. The lowest BCUT2D eigenvalue weighted by atomic mass is 9.82. The summed E-state index contributed by atoms with van der Waals surface area (Å²) in [6.45, 7) is 5.40. The molecule has 0 saturated carbocycles. The minimum Gasteiger partial charge on any atom is -0.381 e. The van der Waals surface area contributed by atoms with E-state index in [2.05, 4.69) is 22.1 Å². The molecule has 1 saturated heterocycles. The lowest BCUT2D eigenvalue weighted by Gasteiger charge is -2.38. The van der Waals surface area contributed by atoms with Gasteiger partial charge in [0.05, 0.1) is 12.5 Å². The second-order valence-corrected chi connectivity index (χ2v) is 10.9. The molecule has 1 fully saturated rings. The molecule has 1 heterocycles. The summed E-state index contributed by atoms with van der Waals surface area (Å²) >= 11 is 0. The normalized spacial score (nSPS) is 16.2. The lowest BCUT2D eigenvalue weighted by molar-refractivity contribution is 0.184. The molecule has 0 bridgehead atoms. The van der Waals surface area contributed by atoms with Crippen LogP contribution >= 0.6 is 0 Å². The third-order valence-electron chi connectivity index (χ3n) is 6.03. The maximum Gasteiger partial charge on any atom is 0.215 e. The van der Waals surface area contributed by atoms with Crippen LogP contribution in [-0.4, -0.2) is 62.5 Å². The number of anilines is 1. The highest BCUT2D eigenvalue weighted by atomic mass is 32.2. The maximum atomic E-state index is 13.2. The molecule has 0 aromatic heterocycles. The van der Waals surface area contributed by atoms with Crippen LogP contribution < -0.4 is 10.2 Å². The second-order valence-electron chi connectivity index (χ2n) is 8.89. The monoisotopic (exact) mass is 473 g/mol. The fourth-order valence-corrected chi connectivity index (χ4v) is 5.80. The van der Waals surface area contributed by atoms with Gasteiger partial charge in [0.2, 0.25) is 10.0 Å². The summed E-state index contributed by atoms with van der Waals surface area (Å²) in [6, 6.07) is 15.4. The number of hydrogen-bond acceptors (Lipinski definition) is 5. The molecule has 178 valence electrons. The summed E-state index contributed by atoms with van der Waals surface area (Å²) in [6.07, 6.45) is 0.480. The number of rotatable bonds is 8. The fraction of sp³-hybridized carbons (Fsp3) is 0.440. The lowest BCUT2D eigenvalue weighted by Crippen LogP contribution is -2.54. The van der Waals surface area contributed by atoms with Gasteiger partial charge in [-0.1, -0.05) is 43.9 Å². The van der Waals surface area contributed by atoms with Crippen molar-refractivity contribution in [2.45, 2.75) is 26.3 Å². The van der Waals surface area contributed by atoms with Crippen LogP contribution in [0.3, 0.4) is 0 Å². The molecular formula is C25H32FN3O3S. The second kappa shape index (κ2) is 11.1. The average Bonchev–Trinajstić information content (AvgIpc) is 2.80. The van der Waals surface area contributed by atoms with Crippen LogP contribution in [0.4, 0.5) is 10.1 Å². The standard InChI is InChI=1S/C25H32FN3O3S/c1-25(2,14-6-9-21-7-4-3-5-8-21)24(27-20-30)19-33(31,32)29-17-15-28(16-18-29)23-12-10-22(26)11-13-23/h3-5,7-8,10-13,24,27,30H,14-20H2,1-2H3. The molecule has 1 atom stereocenters. The van der Waals surface area contributed by atoms with E-state index in [1.54, 1.807) is 12.1 Å². The number of piperazine rings is 1. The molecule has 2 aromatic carbocycles. The van der Waals surface area contributed by atoms with Crippen molar-refractivity contribution < 1.29 is 17.9 Å². The van der Waals surface area contributed by atoms with Crippen molar-refractivity contribution in [3.63, 3.8) is 0 Å². The number of sulfonamides is 1. The summed E-state index contributed by atoms with van der Waals surface area (Å²) in [7, 11) is -3.55. The van der Waals surface area contributed by atoms with E-state index in [-0.39, 0.29) is 18.3 Å². The molecule has 2 aromatic rings. The van der Waals surface area contributed by atoms with E-state index in [1.807, 2.05) is 44.2 Å². The third-order valence-corrected chi connectivity index (χ3v) is 7.94. The number of aliphatic hydroxyl groups excluding tert-OH is 1. The first-order valence-corrected chi connectivity index (χ1v) is 12.7. The van der Waals surface area contributed by atoms with Gasteiger partial charge >= 0.3 is 0 Å². The minimum atomic E-state index is -3.55. The molecule has 0 spiro atoms. The summed E-state index contributed by atoms with van der Waals surface area (Å²) in [5.41, 5.74) is 1.31. The summed E-state index contributed by atoms with van der Waals surface area (Å²) in [4.78, 5) is 2.05. The van der Waals surface area contributed by atoms with Crippen molar-refractivity contribution in [1.29, 1.82) is 0 Å². The Morgan fingerprint density at radius 3 is 2.30 bits per heavy atom. The Balaban J connectivity index is 1.63. The Labute approximate surface area is 196 Å². The van der Waals surface area contributed by atoms with E-state index >= 15 is 0 Å². The maximum absolute atomic E-state index is 13.2. The SMILES string of the molecule is CC(C)(CC#Cc1ccccc1)C(CS(=O)(=O)N1CCN(c2ccc(F)cc2)CC1)NCO. The van der Waals surface area contributed by atoms with E-state index in [9.17, 15) is 17.9 Å². The fourth-order valence-electron chi connectivity index (χ4n) is 3.88. The topological polar surface area (TPSA) is 72.9 Å². The molecule has 3 rings (SSSR count). The molecular weight excluding hydrogens is 441 g/mol. The molecule has 1 aliphatic rings. The van der Waals surface area contributed by atoms with Gasteiger partial charge in [0.1, 0.15) is 5.82 Å². The predicted molar refractivity (Wildman–Crippen MR) is 130 cm³/mol. The van der Waals surface area contributed by atoms with Gasteiger partial charge in [-0.15, -0.1) is 0 Å². The molecule has 0 radical (unpaired) electrons. The number of aliphatic hydroxyl groups is 1. The van der Waals surface area contributed by atoms with Crippen LogP contribution in [0.1, 0.15) is 25.8 Å². The largest absolute Gasteiger partial charge is 0.381 e. The van der Waals surface area contributed by atoms with Crippen molar-refractivity contribution in [2.75, 3.05) is 43.6 Å². The smallest absolute Gasteiger partial charge is 0.215 e. The zero-order valence-corrected chi connectivity index (χ0v) is 20.0. The highest BCUT2D eigenvalue weighted by Crippen LogP contribution is 2.27. The number of halogens is 1. The van der Waals surface area contributed by atoms with E-state index in [4.69, 9.17) is 0 Å². The zero-order valence-electron chi connectivity index (χ0n) is 19.2. The Morgan fingerprint density at radius 2 is 1.70 bits per heavy atom.